The monoisotopic (exact) mass is 449 g/mol. The Hall–Kier alpha value is -2.16. The normalized spacial score (nSPS) is 18.2. The molecule has 0 saturated heterocycles. The molecule has 2 aromatic rings. The van der Waals surface area contributed by atoms with Crippen LogP contribution in [0.15, 0.2) is 42.6 Å². The van der Waals surface area contributed by atoms with E-state index >= 15 is 0 Å². The molecular formula is C30H43NO2. The first-order valence-corrected chi connectivity index (χ1v) is 13.5. The molecule has 3 rings (SSSR count). The van der Waals surface area contributed by atoms with Crippen molar-refractivity contribution in [2.75, 3.05) is 0 Å². The summed E-state index contributed by atoms with van der Waals surface area (Å²) < 4.78 is 5.69. The number of hydrogen-bond acceptors (Lipinski definition) is 3. The minimum Gasteiger partial charge on any atom is -0.426 e. The number of benzene rings is 1. The number of unbranched alkanes of at least 4 members (excludes halogenated alkanes) is 6. The SMILES string of the molecule is CCCCCCCCCc1ccc(-c2ccc(OC(=O)C3CCC(CCC)CC3)cc2)nc1. The Morgan fingerprint density at radius 1 is 0.848 bits per heavy atom. The highest BCUT2D eigenvalue weighted by atomic mass is 16.5. The lowest BCUT2D eigenvalue weighted by Crippen LogP contribution is -2.25. The van der Waals surface area contributed by atoms with Crippen LogP contribution in [0, 0.1) is 11.8 Å². The van der Waals surface area contributed by atoms with E-state index in [-0.39, 0.29) is 11.9 Å². The van der Waals surface area contributed by atoms with E-state index in [1.54, 1.807) is 0 Å². The van der Waals surface area contributed by atoms with Gasteiger partial charge in [0.2, 0.25) is 0 Å². The number of carbonyl (C=O) groups excluding carboxylic acids is 1. The van der Waals surface area contributed by atoms with Crippen molar-refractivity contribution in [3.05, 3.63) is 48.2 Å². The third kappa shape index (κ3) is 8.61. The third-order valence-corrected chi connectivity index (χ3v) is 7.14. The number of nitrogens with zero attached hydrogens (tertiary/aromatic N) is 1. The van der Waals surface area contributed by atoms with Crippen molar-refractivity contribution in [3.63, 3.8) is 0 Å². The van der Waals surface area contributed by atoms with Gasteiger partial charge < -0.3 is 4.74 Å². The second-order valence-corrected chi connectivity index (χ2v) is 9.87. The van der Waals surface area contributed by atoms with E-state index in [1.807, 2.05) is 30.5 Å². The highest BCUT2D eigenvalue weighted by Gasteiger charge is 2.27. The van der Waals surface area contributed by atoms with Gasteiger partial charge in [-0.25, -0.2) is 0 Å². The van der Waals surface area contributed by atoms with Crippen molar-refractivity contribution in [3.8, 4) is 17.0 Å². The summed E-state index contributed by atoms with van der Waals surface area (Å²) in [7, 11) is 0. The molecule has 180 valence electrons. The largest absolute Gasteiger partial charge is 0.426 e. The maximum absolute atomic E-state index is 12.6. The van der Waals surface area contributed by atoms with Crippen molar-refractivity contribution in [2.45, 2.75) is 104 Å². The predicted molar refractivity (Wildman–Crippen MR) is 137 cm³/mol. The van der Waals surface area contributed by atoms with Gasteiger partial charge in [-0.3, -0.25) is 9.78 Å². The first-order chi connectivity index (χ1) is 16.2. The summed E-state index contributed by atoms with van der Waals surface area (Å²) >= 11 is 0. The van der Waals surface area contributed by atoms with Crippen LogP contribution in [0.4, 0.5) is 0 Å². The maximum atomic E-state index is 12.6. The van der Waals surface area contributed by atoms with Crippen LogP contribution in [0.1, 0.15) is 103 Å². The van der Waals surface area contributed by atoms with Gasteiger partial charge in [0.1, 0.15) is 5.75 Å². The van der Waals surface area contributed by atoms with Crippen LogP contribution in [0.25, 0.3) is 11.3 Å². The number of aryl methyl sites for hydroxylation is 1. The smallest absolute Gasteiger partial charge is 0.314 e. The van der Waals surface area contributed by atoms with Crippen LogP contribution in [0.5, 0.6) is 5.75 Å². The maximum Gasteiger partial charge on any atom is 0.314 e. The number of aromatic nitrogens is 1. The van der Waals surface area contributed by atoms with Gasteiger partial charge in [0.15, 0.2) is 0 Å². The summed E-state index contributed by atoms with van der Waals surface area (Å²) in [6, 6.07) is 12.1. The molecule has 3 heteroatoms. The molecule has 0 unspecified atom stereocenters. The molecule has 1 aromatic carbocycles. The molecule has 1 fully saturated rings. The quantitative estimate of drug-likeness (QED) is 0.175. The van der Waals surface area contributed by atoms with E-state index < -0.39 is 0 Å². The average molecular weight is 450 g/mol. The van der Waals surface area contributed by atoms with Gasteiger partial charge >= 0.3 is 5.97 Å². The van der Waals surface area contributed by atoms with Gasteiger partial charge in [-0.2, -0.15) is 0 Å². The first kappa shape index (κ1) is 25.5. The minimum absolute atomic E-state index is 0.0586. The number of ether oxygens (including phenoxy) is 1. The Balaban J connectivity index is 1.41. The highest BCUT2D eigenvalue weighted by Crippen LogP contribution is 2.32. The predicted octanol–water partition coefficient (Wildman–Crippen LogP) is 8.55. The number of carbonyl (C=O) groups is 1. The molecule has 3 nitrogen and oxygen atoms in total. The average Bonchev–Trinajstić information content (AvgIpc) is 2.85. The molecule has 1 saturated carbocycles. The Bertz CT molecular complexity index is 804. The lowest BCUT2D eigenvalue weighted by atomic mass is 9.80. The molecule has 0 radical (unpaired) electrons. The molecule has 1 aromatic heterocycles. The topological polar surface area (TPSA) is 39.2 Å². The fraction of sp³-hybridized carbons (Fsp3) is 0.600. The Labute approximate surface area is 201 Å². The number of hydrogen-bond donors (Lipinski definition) is 0. The molecule has 1 aliphatic carbocycles. The van der Waals surface area contributed by atoms with Crippen molar-refractivity contribution in [1.29, 1.82) is 0 Å². The zero-order chi connectivity index (χ0) is 23.3. The fourth-order valence-corrected chi connectivity index (χ4v) is 5.02. The van der Waals surface area contributed by atoms with Crippen molar-refractivity contribution < 1.29 is 9.53 Å². The Morgan fingerprint density at radius 3 is 2.18 bits per heavy atom. The molecule has 0 aliphatic heterocycles. The van der Waals surface area contributed by atoms with Gasteiger partial charge in [0.25, 0.3) is 0 Å². The molecule has 0 N–H and O–H groups in total. The number of rotatable bonds is 13. The van der Waals surface area contributed by atoms with Crippen molar-refractivity contribution in [1.82, 2.24) is 4.98 Å². The summed E-state index contributed by atoms with van der Waals surface area (Å²) in [6.45, 7) is 4.51. The van der Waals surface area contributed by atoms with Crippen LogP contribution in [-0.2, 0) is 11.2 Å². The van der Waals surface area contributed by atoms with Gasteiger partial charge in [-0.15, -0.1) is 0 Å². The van der Waals surface area contributed by atoms with E-state index in [0.29, 0.717) is 5.75 Å². The number of pyridine rings is 1. The third-order valence-electron chi connectivity index (χ3n) is 7.14. The van der Waals surface area contributed by atoms with Gasteiger partial charge in [0.05, 0.1) is 11.6 Å². The van der Waals surface area contributed by atoms with Crippen molar-refractivity contribution in [2.24, 2.45) is 11.8 Å². The Morgan fingerprint density at radius 2 is 1.55 bits per heavy atom. The summed E-state index contributed by atoms with van der Waals surface area (Å²) in [6.07, 6.45) is 19.2. The lowest BCUT2D eigenvalue weighted by Gasteiger charge is -2.26. The molecule has 1 aliphatic rings. The molecule has 0 spiro atoms. The van der Waals surface area contributed by atoms with E-state index in [4.69, 9.17) is 4.74 Å². The van der Waals surface area contributed by atoms with E-state index in [1.165, 1.54) is 63.4 Å². The number of esters is 1. The van der Waals surface area contributed by atoms with Crippen LogP contribution >= 0.6 is 0 Å². The molecule has 0 atom stereocenters. The van der Waals surface area contributed by atoms with Gasteiger partial charge in [-0.1, -0.05) is 71.3 Å². The minimum atomic E-state index is -0.0643. The van der Waals surface area contributed by atoms with Gasteiger partial charge in [0, 0.05) is 11.8 Å². The van der Waals surface area contributed by atoms with Crippen molar-refractivity contribution >= 4 is 5.97 Å². The first-order valence-electron chi connectivity index (χ1n) is 13.5. The summed E-state index contributed by atoms with van der Waals surface area (Å²) in [5.41, 5.74) is 3.33. The van der Waals surface area contributed by atoms with E-state index in [2.05, 4.69) is 31.0 Å². The summed E-state index contributed by atoms with van der Waals surface area (Å²) in [5.74, 6) is 1.43. The molecular weight excluding hydrogens is 406 g/mol. The van der Waals surface area contributed by atoms with Crippen LogP contribution in [-0.4, -0.2) is 11.0 Å². The Kier molecular flexibility index (Phi) is 10.9. The highest BCUT2D eigenvalue weighted by molar-refractivity contribution is 5.75. The van der Waals surface area contributed by atoms with Crippen LogP contribution in [0.2, 0.25) is 0 Å². The summed E-state index contributed by atoms with van der Waals surface area (Å²) in [4.78, 5) is 17.2. The van der Waals surface area contributed by atoms with Crippen LogP contribution < -0.4 is 4.74 Å². The molecule has 33 heavy (non-hydrogen) atoms. The van der Waals surface area contributed by atoms with Crippen LogP contribution in [0.3, 0.4) is 0 Å². The van der Waals surface area contributed by atoms with E-state index in [9.17, 15) is 4.79 Å². The van der Waals surface area contributed by atoms with E-state index in [0.717, 1.165) is 49.3 Å². The summed E-state index contributed by atoms with van der Waals surface area (Å²) in [5, 5.41) is 0. The zero-order valence-corrected chi connectivity index (χ0v) is 20.9. The molecule has 0 bridgehead atoms. The fourth-order valence-electron chi connectivity index (χ4n) is 5.02. The lowest BCUT2D eigenvalue weighted by molar-refractivity contribution is -0.140. The van der Waals surface area contributed by atoms with Gasteiger partial charge in [-0.05, 0) is 80.3 Å². The second kappa shape index (κ2) is 14.2. The second-order valence-electron chi connectivity index (χ2n) is 9.87. The molecule has 0 amide bonds. The molecule has 1 heterocycles. The standard InChI is InChI=1S/C30H43NO2/c1-3-5-6-7-8-9-10-12-25-15-22-29(31-23-25)26-18-20-28(21-19-26)33-30(32)27-16-13-24(11-4-2)14-17-27/h15,18-24,27H,3-14,16-17H2,1-2H3. The zero-order valence-electron chi connectivity index (χ0n) is 20.9.